The average molecular weight is 185 g/mol. The molecule has 0 nitrogen and oxygen atoms in total. The van der Waals surface area contributed by atoms with Crippen LogP contribution in [0, 0.1) is 6.92 Å². The molecule has 1 aromatic carbocycles. The Bertz CT molecular complexity index is 260. The third-order valence-electron chi connectivity index (χ3n) is 1.98. The van der Waals surface area contributed by atoms with Gasteiger partial charge in [0.25, 0.3) is 0 Å². The molecule has 1 rings (SSSR count). The zero-order valence-corrected chi connectivity index (χ0v) is 8.14. The molecule has 1 atom stereocenters. The van der Waals surface area contributed by atoms with Gasteiger partial charge in [-0.05, 0) is 18.1 Å². The van der Waals surface area contributed by atoms with Crippen molar-refractivity contribution in [2.75, 3.05) is 0 Å². The van der Waals surface area contributed by atoms with Gasteiger partial charge in [0.1, 0.15) is 0 Å². The summed E-state index contributed by atoms with van der Waals surface area (Å²) in [5, 5.41) is 0. The fourth-order valence-corrected chi connectivity index (χ4v) is 1.75. The Balaban J connectivity index is 2.94. The fraction of sp³-hybridized carbons (Fsp3) is 0.333. The number of rotatable bonds is 2. The highest BCUT2D eigenvalue weighted by atomic mass is 28.4. The number of aryl methyl sites for hydroxylation is 1. The van der Waals surface area contributed by atoms with Crippen LogP contribution in [0.4, 0.5) is 8.22 Å². The smallest absolute Gasteiger partial charge is 0.267 e. The lowest BCUT2D eigenvalue weighted by atomic mass is 10.1. The van der Waals surface area contributed by atoms with Crippen molar-refractivity contribution in [3.05, 3.63) is 35.4 Å². The molecule has 0 aliphatic heterocycles. The molecule has 0 spiro atoms. The third kappa shape index (κ3) is 1.91. The van der Waals surface area contributed by atoms with Crippen LogP contribution >= 0.6 is 0 Å². The van der Waals surface area contributed by atoms with E-state index in [-0.39, 0.29) is 0 Å². The van der Waals surface area contributed by atoms with E-state index in [1.165, 1.54) is 0 Å². The van der Waals surface area contributed by atoms with Crippen LogP contribution in [0.1, 0.15) is 23.6 Å². The second-order valence-corrected chi connectivity index (χ2v) is 4.31. The Hall–Kier alpha value is -0.703. The molecule has 0 saturated heterocycles. The second-order valence-electron chi connectivity index (χ2n) is 2.87. The topological polar surface area (TPSA) is 0 Å². The van der Waals surface area contributed by atoms with Crippen LogP contribution in [0.15, 0.2) is 24.3 Å². The van der Waals surface area contributed by atoms with Crippen molar-refractivity contribution in [1.82, 2.24) is 0 Å². The van der Waals surface area contributed by atoms with Gasteiger partial charge >= 0.3 is 9.46 Å². The summed E-state index contributed by atoms with van der Waals surface area (Å²) in [6, 6.07) is 7.33. The van der Waals surface area contributed by atoms with Gasteiger partial charge in [-0.15, -0.1) is 0 Å². The average Bonchev–Trinajstić information content (AvgIpc) is 2.04. The van der Waals surface area contributed by atoms with Crippen LogP contribution in [0.5, 0.6) is 0 Å². The zero-order valence-electron chi connectivity index (χ0n) is 7.14. The van der Waals surface area contributed by atoms with Crippen molar-refractivity contribution in [3.63, 3.8) is 0 Å². The van der Waals surface area contributed by atoms with E-state index in [1.54, 1.807) is 13.0 Å². The molecule has 0 saturated carbocycles. The molecule has 0 N–H and O–H groups in total. The van der Waals surface area contributed by atoms with E-state index >= 15 is 0 Å². The van der Waals surface area contributed by atoms with Crippen LogP contribution in [0.2, 0.25) is 0 Å². The van der Waals surface area contributed by atoms with Crippen LogP contribution in [-0.4, -0.2) is 9.46 Å². The molecule has 0 heterocycles. The lowest BCUT2D eigenvalue weighted by Crippen LogP contribution is -2.11. The predicted molar refractivity (Wildman–Crippen MR) is 47.6 cm³/mol. The van der Waals surface area contributed by atoms with Crippen molar-refractivity contribution < 1.29 is 8.22 Å². The molecule has 0 aliphatic carbocycles. The van der Waals surface area contributed by atoms with E-state index in [0.717, 1.165) is 11.1 Å². The van der Waals surface area contributed by atoms with Crippen LogP contribution in [0.3, 0.4) is 0 Å². The summed E-state index contributed by atoms with van der Waals surface area (Å²) in [6.45, 7) is 3.47. The summed E-state index contributed by atoms with van der Waals surface area (Å²) in [4.78, 5) is 0. The Morgan fingerprint density at radius 3 is 2.33 bits per heavy atom. The maximum Gasteiger partial charge on any atom is 0.484 e. The number of benzene rings is 1. The molecule has 65 valence electrons. The summed E-state index contributed by atoms with van der Waals surface area (Å²) >= 11 is 0. The molecule has 0 amide bonds. The Morgan fingerprint density at radius 1 is 1.25 bits per heavy atom. The highest BCUT2D eigenvalue weighted by Gasteiger charge is 2.23. The van der Waals surface area contributed by atoms with Gasteiger partial charge in [0.15, 0.2) is 0 Å². The molecule has 3 heteroatoms. The van der Waals surface area contributed by atoms with Crippen LogP contribution < -0.4 is 0 Å². The maximum atomic E-state index is 12.4. The number of hydrogen-bond acceptors (Lipinski definition) is 0. The Morgan fingerprint density at radius 2 is 1.83 bits per heavy atom. The summed E-state index contributed by atoms with van der Waals surface area (Å²) in [5.74, 6) is 0. The molecule has 0 fully saturated rings. The summed E-state index contributed by atoms with van der Waals surface area (Å²) in [5.41, 5.74) is 1.19. The minimum atomic E-state index is -3.19. The molecular weight excluding hydrogens is 174 g/mol. The van der Waals surface area contributed by atoms with Gasteiger partial charge in [0, 0.05) is 5.54 Å². The fourth-order valence-electron chi connectivity index (χ4n) is 1.19. The van der Waals surface area contributed by atoms with E-state index in [9.17, 15) is 8.22 Å². The van der Waals surface area contributed by atoms with E-state index in [4.69, 9.17) is 0 Å². The standard InChI is InChI=1S/C9H11F2Si/c1-7-5-3-4-6-9(7)8(2)12(10)11/h3-6,8H,1-2H3. The quantitative estimate of drug-likeness (QED) is 0.490. The molecule has 12 heavy (non-hydrogen) atoms. The summed E-state index contributed by atoms with van der Waals surface area (Å²) in [6.07, 6.45) is 0. The zero-order chi connectivity index (χ0) is 9.14. The first-order valence-corrected chi connectivity index (χ1v) is 5.19. The van der Waals surface area contributed by atoms with Gasteiger partial charge < -0.3 is 0 Å². The largest absolute Gasteiger partial charge is 0.484 e. The van der Waals surface area contributed by atoms with E-state index < -0.39 is 15.0 Å². The highest BCUT2D eigenvalue weighted by molar-refractivity contribution is 6.44. The van der Waals surface area contributed by atoms with Crippen molar-refractivity contribution in [3.8, 4) is 0 Å². The highest BCUT2D eigenvalue weighted by Crippen LogP contribution is 2.22. The maximum absolute atomic E-state index is 12.4. The lowest BCUT2D eigenvalue weighted by molar-refractivity contribution is 0.624. The van der Waals surface area contributed by atoms with E-state index in [0.29, 0.717) is 0 Å². The van der Waals surface area contributed by atoms with Gasteiger partial charge in [-0.3, -0.25) is 8.22 Å². The SMILES string of the molecule is Cc1ccccc1C(C)[Si](F)F. The molecule has 0 aliphatic rings. The number of halogens is 2. The van der Waals surface area contributed by atoms with Crippen LogP contribution in [0.25, 0.3) is 0 Å². The first kappa shape index (κ1) is 9.39. The second kappa shape index (κ2) is 3.80. The van der Waals surface area contributed by atoms with Gasteiger partial charge in [-0.1, -0.05) is 31.2 Å². The van der Waals surface area contributed by atoms with Crippen molar-refractivity contribution in [2.45, 2.75) is 19.4 Å². The van der Waals surface area contributed by atoms with E-state index in [1.807, 2.05) is 25.1 Å². The molecular formula is C9H11F2Si. The lowest BCUT2D eigenvalue weighted by Gasteiger charge is -2.10. The molecule has 1 unspecified atom stereocenters. The summed E-state index contributed by atoms with van der Waals surface area (Å²) < 4.78 is 24.8. The molecule has 0 aromatic heterocycles. The van der Waals surface area contributed by atoms with E-state index in [2.05, 4.69) is 0 Å². The third-order valence-corrected chi connectivity index (χ3v) is 2.95. The minimum Gasteiger partial charge on any atom is -0.267 e. The first-order valence-electron chi connectivity index (χ1n) is 3.86. The molecule has 1 aromatic rings. The van der Waals surface area contributed by atoms with Gasteiger partial charge in [-0.25, -0.2) is 0 Å². The number of hydrogen-bond donors (Lipinski definition) is 0. The Kier molecular flexibility index (Phi) is 2.97. The normalized spacial score (nSPS) is 13.4. The monoisotopic (exact) mass is 185 g/mol. The van der Waals surface area contributed by atoms with Crippen molar-refractivity contribution in [1.29, 1.82) is 0 Å². The predicted octanol–water partition coefficient (Wildman–Crippen LogP) is 3.06. The first-order chi connectivity index (χ1) is 5.63. The van der Waals surface area contributed by atoms with Crippen LogP contribution in [-0.2, 0) is 0 Å². The summed E-state index contributed by atoms with van der Waals surface area (Å²) in [7, 11) is -3.19. The molecule has 0 bridgehead atoms. The van der Waals surface area contributed by atoms with Gasteiger partial charge in [0.2, 0.25) is 0 Å². The van der Waals surface area contributed by atoms with Gasteiger partial charge in [-0.2, -0.15) is 0 Å². The van der Waals surface area contributed by atoms with Crippen molar-refractivity contribution >= 4 is 9.46 Å². The van der Waals surface area contributed by atoms with Gasteiger partial charge in [0.05, 0.1) is 0 Å². The minimum absolute atomic E-state index is 0.559. The van der Waals surface area contributed by atoms with Crippen molar-refractivity contribution in [2.24, 2.45) is 0 Å². The molecule has 1 radical (unpaired) electrons. The Labute approximate surface area is 73.2 Å².